The van der Waals surface area contributed by atoms with E-state index in [4.69, 9.17) is 9.47 Å². The monoisotopic (exact) mass is 464 g/mol. The number of Topliss-reactive ketones (excluding diaryl/α,β-unsaturated/α-hetero) is 1. The minimum absolute atomic E-state index is 0.00585. The molecule has 2 aliphatic heterocycles. The molecule has 4 aromatic rings. The van der Waals surface area contributed by atoms with Crippen molar-refractivity contribution in [3.05, 3.63) is 102 Å². The number of carbonyl (C=O) groups is 2. The van der Waals surface area contributed by atoms with E-state index in [-0.39, 0.29) is 11.3 Å². The van der Waals surface area contributed by atoms with Gasteiger partial charge in [0.1, 0.15) is 24.8 Å². The van der Waals surface area contributed by atoms with Crippen molar-refractivity contribution in [2.24, 2.45) is 0 Å². The van der Waals surface area contributed by atoms with E-state index in [1.165, 1.54) is 4.90 Å². The van der Waals surface area contributed by atoms with Gasteiger partial charge in [-0.1, -0.05) is 48.5 Å². The number of hydrogen-bond acceptors (Lipinski definition) is 6. The van der Waals surface area contributed by atoms with E-state index < -0.39 is 17.7 Å². The number of aliphatic hydroxyl groups excluding tert-OH is 1. The number of aliphatic hydroxyl groups is 1. The normalized spacial score (nSPS) is 18.7. The van der Waals surface area contributed by atoms with Crippen LogP contribution in [0, 0.1) is 0 Å². The van der Waals surface area contributed by atoms with Crippen molar-refractivity contribution < 1.29 is 24.2 Å². The highest BCUT2D eigenvalue weighted by atomic mass is 16.6. The predicted octanol–water partition coefficient (Wildman–Crippen LogP) is 4.63. The lowest BCUT2D eigenvalue weighted by atomic mass is 9.91. The summed E-state index contributed by atoms with van der Waals surface area (Å²) >= 11 is 0. The number of hydrogen-bond donors (Lipinski definition) is 1. The van der Waals surface area contributed by atoms with E-state index in [0.29, 0.717) is 41.7 Å². The highest BCUT2D eigenvalue weighted by Crippen LogP contribution is 2.44. The molecule has 1 N–H and O–H groups in total. The van der Waals surface area contributed by atoms with Gasteiger partial charge < -0.3 is 14.6 Å². The summed E-state index contributed by atoms with van der Waals surface area (Å²) in [4.78, 5) is 32.5. The zero-order chi connectivity index (χ0) is 23.9. The molecule has 1 fully saturated rings. The fourth-order valence-electron chi connectivity index (χ4n) is 4.69. The fraction of sp³-hybridized carbons (Fsp3) is 0.107. The molecule has 1 saturated heterocycles. The molecule has 3 heterocycles. The van der Waals surface area contributed by atoms with Gasteiger partial charge in [0, 0.05) is 11.8 Å². The average molecular weight is 464 g/mol. The largest absolute Gasteiger partial charge is 0.507 e. The lowest BCUT2D eigenvalue weighted by Crippen LogP contribution is -2.30. The molecule has 2 aliphatic rings. The molecule has 0 bridgehead atoms. The number of benzene rings is 3. The van der Waals surface area contributed by atoms with Crippen LogP contribution in [0.1, 0.15) is 17.2 Å². The van der Waals surface area contributed by atoms with Crippen molar-refractivity contribution in [2.75, 3.05) is 18.1 Å². The van der Waals surface area contributed by atoms with Crippen molar-refractivity contribution in [1.82, 2.24) is 4.98 Å². The van der Waals surface area contributed by atoms with Crippen LogP contribution in [-0.2, 0) is 9.59 Å². The van der Waals surface area contributed by atoms with Crippen LogP contribution in [0.3, 0.4) is 0 Å². The maximum absolute atomic E-state index is 13.4. The molecule has 6 rings (SSSR count). The summed E-state index contributed by atoms with van der Waals surface area (Å²) in [5.74, 6) is -0.444. The second-order valence-corrected chi connectivity index (χ2v) is 8.28. The zero-order valence-electron chi connectivity index (χ0n) is 18.5. The molecular formula is C28H20N2O5. The van der Waals surface area contributed by atoms with Gasteiger partial charge in [-0.2, -0.15) is 0 Å². The third kappa shape index (κ3) is 3.40. The van der Waals surface area contributed by atoms with Crippen LogP contribution in [0.25, 0.3) is 16.5 Å². The second-order valence-electron chi connectivity index (χ2n) is 8.28. The summed E-state index contributed by atoms with van der Waals surface area (Å²) in [6.45, 7) is 0.825. The van der Waals surface area contributed by atoms with Gasteiger partial charge in [-0.15, -0.1) is 0 Å². The standard InChI is InChI=1S/C28H20N2O5/c31-26(18-11-12-21-22(16-18)35-15-14-34-21)24-25(20-9-5-7-17-6-1-2-8-19(17)20)30(28(33)27(24)32)23-10-3-4-13-29-23/h1-13,16,25,31H,14-15H2/b26-24+. The molecule has 0 aliphatic carbocycles. The third-order valence-electron chi connectivity index (χ3n) is 6.27. The molecule has 1 aromatic heterocycles. The van der Waals surface area contributed by atoms with E-state index in [2.05, 4.69) is 4.98 Å². The predicted molar refractivity (Wildman–Crippen MR) is 130 cm³/mol. The first kappa shape index (κ1) is 20.9. The lowest BCUT2D eigenvalue weighted by Gasteiger charge is -2.25. The maximum Gasteiger partial charge on any atom is 0.301 e. The number of fused-ring (bicyclic) bond motifs is 2. The number of amides is 1. The number of pyridine rings is 1. The van der Waals surface area contributed by atoms with Crippen LogP contribution in [-0.4, -0.2) is 35.0 Å². The fourth-order valence-corrected chi connectivity index (χ4v) is 4.69. The van der Waals surface area contributed by atoms with Gasteiger partial charge in [0.2, 0.25) is 0 Å². The van der Waals surface area contributed by atoms with Crippen LogP contribution in [0.4, 0.5) is 5.82 Å². The number of rotatable bonds is 3. The molecule has 7 nitrogen and oxygen atoms in total. The highest BCUT2D eigenvalue weighted by Gasteiger charge is 2.48. The third-order valence-corrected chi connectivity index (χ3v) is 6.27. The molecule has 0 radical (unpaired) electrons. The topological polar surface area (TPSA) is 89.0 Å². The number of aromatic nitrogens is 1. The molecule has 35 heavy (non-hydrogen) atoms. The first-order valence-corrected chi connectivity index (χ1v) is 11.2. The van der Waals surface area contributed by atoms with Crippen LogP contribution in [0.2, 0.25) is 0 Å². The Bertz CT molecular complexity index is 1510. The molecule has 0 saturated carbocycles. The smallest absolute Gasteiger partial charge is 0.301 e. The van der Waals surface area contributed by atoms with Crippen molar-refractivity contribution >= 4 is 34.0 Å². The average Bonchev–Trinajstić information content (AvgIpc) is 3.18. The van der Waals surface area contributed by atoms with Crippen molar-refractivity contribution in [1.29, 1.82) is 0 Å². The number of carbonyl (C=O) groups excluding carboxylic acids is 2. The van der Waals surface area contributed by atoms with Crippen molar-refractivity contribution in [2.45, 2.75) is 6.04 Å². The Kier molecular flexibility index (Phi) is 4.95. The second kappa shape index (κ2) is 8.29. The summed E-state index contributed by atoms with van der Waals surface area (Å²) in [6, 6.07) is 22.7. The highest BCUT2D eigenvalue weighted by molar-refractivity contribution is 6.51. The summed E-state index contributed by atoms with van der Waals surface area (Å²) < 4.78 is 11.2. The van der Waals surface area contributed by atoms with Gasteiger partial charge >= 0.3 is 5.91 Å². The first-order chi connectivity index (χ1) is 17.1. The van der Waals surface area contributed by atoms with E-state index in [1.54, 1.807) is 42.6 Å². The maximum atomic E-state index is 13.4. The molecule has 7 heteroatoms. The Morgan fingerprint density at radius 1 is 0.886 bits per heavy atom. The zero-order valence-corrected chi connectivity index (χ0v) is 18.5. The number of ketones is 1. The van der Waals surface area contributed by atoms with Crippen LogP contribution < -0.4 is 14.4 Å². The SMILES string of the molecule is O=C1C(=O)N(c2ccccn2)C(c2cccc3ccccc23)/C1=C(\O)c1ccc2c(c1)OCCO2. The molecule has 1 atom stereocenters. The molecule has 1 unspecified atom stereocenters. The Morgan fingerprint density at radius 2 is 1.66 bits per heavy atom. The van der Waals surface area contributed by atoms with Gasteiger partial charge in [0.05, 0.1) is 11.6 Å². The molecular weight excluding hydrogens is 444 g/mol. The lowest BCUT2D eigenvalue weighted by molar-refractivity contribution is -0.132. The van der Waals surface area contributed by atoms with Gasteiger partial charge in [0.25, 0.3) is 5.78 Å². The van der Waals surface area contributed by atoms with Crippen LogP contribution in [0.5, 0.6) is 11.5 Å². The summed E-state index contributed by atoms with van der Waals surface area (Å²) in [7, 11) is 0. The molecule has 1 amide bonds. The Hall–Kier alpha value is -4.65. The van der Waals surface area contributed by atoms with E-state index in [1.807, 2.05) is 42.5 Å². The van der Waals surface area contributed by atoms with Gasteiger partial charge in [-0.25, -0.2) is 4.98 Å². The van der Waals surface area contributed by atoms with Gasteiger partial charge in [0.15, 0.2) is 11.5 Å². The first-order valence-electron chi connectivity index (χ1n) is 11.2. The Balaban J connectivity index is 1.60. The quantitative estimate of drug-likeness (QED) is 0.270. The minimum Gasteiger partial charge on any atom is -0.507 e. The molecule has 0 spiro atoms. The van der Waals surface area contributed by atoms with Crippen LogP contribution in [0.15, 0.2) is 90.6 Å². The van der Waals surface area contributed by atoms with E-state index in [0.717, 1.165) is 10.8 Å². The summed E-state index contributed by atoms with van der Waals surface area (Å²) in [5, 5.41) is 13.3. The molecule has 172 valence electrons. The van der Waals surface area contributed by atoms with Crippen molar-refractivity contribution in [3.63, 3.8) is 0 Å². The van der Waals surface area contributed by atoms with E-state index in [9.17, 15) is 14.7 Å². The van der Waals surface area contributed by atoms with Gasteiger partial charge in [-0.05, 0) is 46.7 Å². The van der Waals surface area contributed by atoms with Crippen molar-refractivity contribution in [3.8, 4) is 11.5 Å². The number of nitrogens with zero attached hydrogens (tertiary/aromatic N) is 2. The summed E-state index contributed by atoms with van der Waals surface area (Å²) in [5.41, 5.74) is 1.07. The van der Waals surface area contributed by atoms with Gasteiger partial charge in [-0.3, -0.25) is 14.5 Å². The summed E-state index contributed by atoms with van der Waals surface area (Å²) in [6.07, 6.45) is 1.57. The number of ether oxygens (including phenoxy) is 2. The minimum atomic E-state index is -0.871. The van der Waals surface area contributed by atoms with Crippen LogP contribution >= 0.6 is 0 Å². The van der Waals surface area contributed by atoms with E-state index >= 15 is 0 Å². The molecule has 3 aromatic carbocycles. The number of anilines is 1. The Morgan fingerprint density at radius 3 is 2.49 bits per heavy atom. The Labute approximate surface area is 200 Å².